The molecule has 116 valence electrons. The van der Waals surface area contributed by atoms with E-state index >= 15 is 0 Å². The van der Waals surface area contributed by atoms with Gasteiger partial charge >= 0.3 is 12.0 Å². The minimum Gasteiger partial charge on any atom is -0.481 e. The molecule has 0 radical (unpaired) electrons. The lowest BCUT2D eigenvalue weighted by Gasteiger charge is -2.29. The maximum atomic E-state index is 12.2. The second kappa shape index (κ2) is 8.79. The molecule has 2 amide bonds. The zero-order valence-corrected chi connectivity index (χ0v) is 12.4. The summed E-state index contributed by atoms with van der Waals surface area (Å²) in [6.07, 6.45) is 3.81. The van der Waals surface area contributed by atoms with Crippen LogP contribution in [-0.2, 0) is 9.53 Å². The van der Waals surface area contributed by atoms with Gasteiger partial charge in [-0.05, 0) is 38.5 Å². The number of nitrogens with one attached hydrogen (secondary N) is 1. The van der Waals surface area contributed by atoms with Gasteiger partial charge in [-0.2, -0.15) is 0 Å². The third-order valence-corrected chi connectivity index (χ3v) is 3.69. The van der Waals surface area contributed by atoms with Crippen LogP contribution >= 0.6 is 0 Å². The molecule has 0 saturated heterocycles. The van der Waals surface area contributed by atoms with E-state index in [0.717, 1.165) is 0 Å². The third-order valence-electron chi connectivity index (χ3n) is 3.69. The van der Waals surface area contributed by atoms with Crippen molar-refractivity contribution in [2.75, 3.05) is 26.8 Å². The Bertz CT molecular complexity index is 318. The number of urea groups is 1. The molecule has 0 aromatic heterocycles. The first-order chi connectivity index (χ1) is 9.56. The molecule has 1 rings (SSSR count). The summed E-state index contributed by atoms with van der Waals surface area (Å²) in [6, 6.07) is 0.168. The Morgan fingerprint density at radius 3 is 2.65 bits per heavy atom. The van der Waals surface area contributed by atoms with E-state index in [1.165, 1.54) is 12.8 Å². The summed E-state index contributed by atoms with van der Waals surface area (Å²) < 4.78 is 5.06. The number of unbranched alkanes of at least 4 members (excludes halogenated alkanes) is 1. The van der Waals surface area contributed by atoms with Crippen molar-refractivity contribution in [3.8, 4) is 0 Å². The van der Waals surface area contributed by atoms with Gasteiger partial charge in [-0.25, -0.2) is 4.79 Å². The smallest absolute Gasteiger partial charge is 0.317 e. The van der Waals surface area contributed by atoms with E-state index in [4.69, 9.17) is 9.84 Å². The standard InChI is InChI=1S/C14H26N2O4/c1-11(12-6-7-12)16(9-10-20-2)14(19)15-8-4-3-5-13(17)18/h11-12H,3-10H2,1-2H3,(H,15,19)(H,17,18). The topological polar surface area (TPSA) is 78.9 Å². The maximum absolute atomic E-state index is 12.2. The van der Waals surface area contributed by atoms with Crippen molar-refractivity contribution in [3.63, 3.8) is 0 Å². The lowest BCUT2D eigenvalue weighted by molar-refractivity contribution is -0.137. The molecule has 2 N–H and O–H groups in total. The first-order valence-electron chi connectivity index (χ1n) is 7.31. The number of methoxy groups -OCH3 is 1. The van der Waals surface area contributed by atoms with E-state index < -0.39 is 5.97 Å². The molecule has 20 heavy (non-hydrogen) atoms. The molecule has 0 aromatic carbocycles. The summed E-state index contributed by atoms with van der Waals surface area (Å²) in [4.78, 5) is 24.4. The van der Waals surface area contributed by atoms with E-state index in [1.54, 1.807) is 7.11 Å². The van der Waals surface area contributed by atoms with Crippen LogP contribution in [0.2, 0.25) is 0 Å². The van der Waals surface area contributed by atoms with Gasteiger partial charge in [-0.3, -0.25) is 4.79 Å². The zero-order chi connectivity index (χ0) is 15.0. The van der Waals surface area contributed by atoms with Gasteiger partial charge in [0.1, 0.15) is 0 Å². The van der Waals surface area contributed by atoms with Crippen molar-refractivity contribution in [1.82, 2.24) is 10.2 Å². The monoisotopic (exact) mass is 286 g/mol. The molecule has 6 heteroatoms. The quantitative estimate of drug-likeness (QED) is 0.599. The van der Waals surface area contributed by atoms with Crippen LogP contribution in [0.25, 0.3) is 0 Å². The fourth-order valence-electron chi connectivity index (χ4n) is 2.21. The van der Waals surface area contributed by atoms with Gasteiger partial charge in [0.05, 0.1) is 6.61 Å². The predicted molar refractivity (Wildman–Crippen MR) is 75.7 cm³/mol. The highest BCUT2D eigenvalue weighted by Crippen LogP contribution is 2.35. The molecule has 0 aliphatic heterocycles. The SMILES string of the molecule is COCCN(C(=O)NCCCCC(=O)O)C(C)C1CC1. The van der Waals surface area contributed by atoms with Crippen LogP contribution in [0.1, 0.15) is 39.0 Å². The molecule has 0 bridgehead atoms. The molecule has 0 aromatic rings. The first-order valence-corrected chi connectivity index (χ1v) is 7.31. The Morgan fingerprint density at radius 2 is 2.10 bits per heavy atom. The average molecular weight is 286 g/mol. The van der Waals surface area contributed by atoms with E-state index in [9.17, 15) is 9.59 Å². The number of nitrogens with zero attached hydrogens (tertiary/aromatic N) is 1. The highest BCUT2D eigenvalue weighted by molar-refractivity contribution is 5.74. The van der Waals surface area contributed by atoms with Crippen LogP contribution in [-0.4, -0.2) is 54.9 Å². The van der Waals surface area contributed by atoms with E-state index in [1.807, 2.05) is 4.90 Å². The van der Waals surface area contributed by atoms with E-state index in [2.05, 4.69) is 12.2 Å². The number of aliphatic carboxylic acids is 1. The Hall–Kier alpha value is -1.30. The first kappa shape index (κ1) is 16.8. The Labute approximate surface area is 120 Å². The van der Waals surface area contributed by atoms with Crippen LogP contribution in [0.4, 0.5) is 4.79 Å². The number of hydrogen-bond donors (Lipinski definition) is 2. The highest BCUT2D eigenvalue weighted by atomic mass is 16.5. The van der Waals surface area contributed by atoms with Gasteiger partial charge in [0.2, 0.25) is 0 Å². The van der Waals surface area contributed by atoms with Crippen LogP contribution in [0.3, 0.4) is 0 Å². The summed E-state index contributed by atoms with van der Waals surface area (Å²) in [5, 5.41) is 11.4. The van der Waals surface area contributed by atoms with Crippen molar-refractivity contribution in [3.05, 3.63) is 0 Å². The molecule has 0 heterocycles. The van der Waals surface area contributed by atoms with Gasteiger partial charge in [0.25, 0.3) is 0 Å². The number of carboxylic acids is 1. The second-order valence-corrected chi connectivity index (χ2v) is 5.35. The summed E-state index contributed by atoms with van der Waals surface area (Å²) in [5.74, 6) is -0.176. The van der Waals surface area contributed by atoms with Crippen molar-refractivity contribution in [1.29, 1.82) is 0 Å². The molecular weight excluding hydrogens is 260 g/mol. The molecular formula is C14H26N2O4. The average Bonchev–Trinajstić information content (AvgIpc) is 3.22. The van der Waals surface area contributed by atoms with E-state index in [0.29, 0.717) is 38.5 Å². The van der Waals surface area contributed by atoms with Crippen molar-refractivity contribution >= 4 is 12.0 Å². The summed E-state index contributed by atoms with van der Waals surface area (Å²) >= 11 is 0. The Balaban J connectivity index is 2.28. The van der Waals surface area contributed by atoms with Crippen molar-refractivity contribution < 1.29 is 19.4 Å². The van der Waals surface area contributed by atoms with Gasteiger partial charge in [0.15, 0.2) is 0 Å². The molecule has 1 saturated carbocycles. The minimum absolute atomic E-state index is 0.0724. The number of rotatable bonds is 10. The number of hydrogen-bond acceptors (Lipinski definition) is 3. The van der Waals surface area contributed by atoms with Gasteiger partial charge in [0, 0.05) is 32.7 Å². The number of carbonyl (C=O) groups is 2. The third kappa shape index (κ3) is 6.23. The molecule has 1 atom stereocenters. The maximum Gasteiger partial charge on any atom is 0.317 e. The van der Waals surface area contributed by atoms with Crippen molar-refractivity contribution in [2.45, 2.75) is 45.1 Å². The van der Waals surface area contributed by atoms with Crippen LogP contribution < -0.4 is 5.32 Å². The molecule has 1 unspecified atom stereocenters. The van der Waals surface area contributed by atoms with Crippen LogP contribution in [0.5, 0.6) is 0 Å². The lowest BCUT2D eigenvalue weighted by atomic mass is 10.2. The van der Waals surface area contributed by atoms with Crippen LogP contribution in [0, 0.1) is 5.92 Å². The van der Waals surface area contributed by atoms with Gasteiger partial charge in [-0.1, -0.05) is 0 Å². The normalized spacial score (nSPS) is 15.7. The van der Waals surface area contributed by atoms with Gasteiger partial charge < -0.3 is 20.1 Å². The van der Waals surface area contributed by atoms with Crippen molar-refractivity contribution in [2.24, 2.45) is 5.92 Å². The second-order valence-electron chi connectivity index (χ2n) is 5.35. The zero-order valence-electron chi connectivity index (χ0n) is 12.4. The molecule has 1 aliphatic carbocycles. The Kier molecular flexibility index (Phi) is 7.36. The van der Waals surface area contributed by atoms with E-state index in [-0.39, 0.29) is 18.5 Å². The Morgan fingerprint density at radius 1 is 1.40 bits per heavy atom. The number of amides is 2. The van der Waals surface area contributed by atoms with Gasteiger partial charge in [-0.15, -0.1) is 0 Å². The summed E-state index contributed by atoms with van der Waals surface area (Å²) in [6.45, 7) is 3.73. The molecule has 6 nitrogen and oxygen atoms in total. The fraction of sp³-hybridized carbons (Fsp3) is 0.857. The lowest BCUT2D eigenvalue weighted by Crippen LogP contribution is -2.47. The summed E-state index contributed by atoms with van der Waals surface area (Å²) in [5.41, 5.74) is 0. The number of carboxylic acid groups (broad SMARTS) is 1. The predicted octanol–water partition coefficient (Wildman–Crippen LogP) is 1.70. The molecule has 1 aliphatic rings. The largest absolute Gasteiger partial charge is 0.481 e. The highest BCUT2D eigenvalue weighted by Gasteiger charge is 2.33. The minimum atomic E-state index is -0.791. The number of ether oxygens (including phenoxy) is 1. The number of carbonyl (C=O) groups excluding carboxylic acids is 1. The fourth-order valence-corrected chi connectivity index (χ4v) is 2.21. The molecule has 1 fully saturated rings. The molecule has 0 spiro atoms. The van der Waals surface area contributed by atoms with Crippen LogP contribution in [0.15, 0.2) is 0 Å². The summed E-state index contributed by atoms with van der Waals surface area (Å²) in [7, 11) is 1.63.